The number of nitrogens with one attached hydrogen (secondary N) is 1. The second-order valence-electron chi connectivity index (χ2n) is 8.45. The molecule has 0 atom stereocenters. The van der Waals surface area contributed by atoms with E-state index in [0.717, 1.165) is 25.7 Å². The van der Waals surface area contributed by atoms with Crippen LogP contribution in [0.3, 0.4) is 0 Å². The third-order valence-electron chi connectivity index (χ3n) is 6.36. The Kier molecular flexibility index (Phi) is 7.05. The Balaban J connectivity index is 1.54. The van der Waals surface area contributed by atoms with Crippen LogP contribution in [-0.2, 0) is 10.0 Å². The number of nitrogens with zero attached hydrogens (tertiary/aromatic N) is 3. The van der Waals surface area contributed by atoms with Gasteiger partial charge in [0.15, 0.2) is 0 Å². The maximum absolute atomic E-state index is 14.0. The molecule has 2 aliphatic rings. The summed E-state index contributed by atoms with van der Waals surface area (Å²) in [5.74, 6) is -0.481. The van der Waals surface area contributed by atoms with Gasteiger partial charge in [-0.1, -0.05) is 0 Å². The van der Waals surface area contributed by atoms with Crippen LogP contribution < -0.4 is 14.4 Å². The number of benzene rings is 2. The molecule has 0 spiro atoms. The van der Waals surface area contributed by atoms with Gasteiger partial charge in [-0.25, -0.2) is 17.5 Å². The van der Waals surface area contributed by atoms with Gasteiger partial charge in [0.25, 0.3) is 5.91 Å². The molecular formula is C24H27FN4O4S. The molecule has 2 aromatic carbocycles. The number of amides is 1. The molecule has 0 unspecified atom stereocenters. The van der Waals surface area contributed by atoms with Crippen molar-refractivity contribution >= 4 is 21.6 Å². The number of hydrogen-bond donors (Lipinski definition) is 1. The fourth-order valence-electron chi connectivity index (χ4n) is 4.38. The zero-order valence-corrected chi connectivity index (χ0v) is 19.8. The molecule has 0 radical (unpaired) electrons. The third kappa shape index (κ3) is 5.00. The molecular weight excluding hydrogens is 459 g/mol. The molecule has 0 aromatic heterocycles. The smallest absolute Gasteiger partial charge is 0.257 e. The van der Waals surface area contributed by atoms with Crippen molar-refractivity contribution in [3.05, 3.63) is 53.3 Å². The van der Waals surface area contributed by atoms with Gasteiger partial charge in [0, 0.05) is 31.9 Å². The van der Waals surface area contributed by atoms with Crippen LogP contribution in [0.25, 0.3) is 0 Å². The maximum Gasteiger partial charge on any atom is 0.257 e. The molecule has 2 fully saturated rings. The summed E-state index contributed by atoms with van der Waals surface area (Å²) in [4.78, 5) is 17.1. The van der Waals surface area contributed by atoms with Crippen molar-refractivity contribution < 1.29 is 22.3 Å². The lowest BCUT2D eigenvalue weighted by atomic mass is 10.1. The van der Waals surface area contributed by atoms with Crippen molar-refractivity contribution in [1.29, 1.82) is 5.26 Å². The van der Waals surface area contributed by atoms with Gasteiger partial charge in [0.05, 0.1) is 22.1 Å². The maximum atomic E-state index is 14.0. The molecule has 1 aliphatic heterocycles. The highest BCUT2D eigenvalue weighted by Crippen LogP contribution is 2.30. The topological polar surface area (TPSA) is 103 Å². The van der Waals surface area contributed by atoms with E-state index in [1.807, 2.05) is 11.0 Å². The molecule has 1 heterocycles. The van der Waals surface area contributed by atoms with Crippen molar-refractivity contribution in [3.63, 3.8) is 0 Å². The first-order valence-corrected chi connectivity index (χ1v) is 12.8. The van der Waals surface area contributed by atoms with Crippen molar-refractivity contribution in [2.75, 3.05) is 38.1 Å². The zero-order valence-electron chi connectivity index (χ0n) is 19.0. The van der Waals surface area contributed by atoms with E-state index in [0.29, 0.717) is 37.6 Å². The van der Waals surface area contributed by atoms with E-state index in [1.54, 1.807) is 17.0 Å². The quantitative estimate of drug-likeness (QED) is 0.674. The Labute approximate surface area is 199 Å². The van der Waals surface area contributed by atoms with Crippen LogP contribution in [0.2, 0.25) is 0 Å². The molecule has 0 bridgehead atoms. The monoisotopic (exact) mass is 486 g/mol. The number of nitriles is 1. The molecule has 1 amide bonds. The standard InChI is InChI=1S/C24H27FN4O4S/c1-27-34(31,32)20-8-9-23(33-19-4-2-3-5-19)21(15-20)24(30)29-12-10-28(11-13-29)18-7-6-17(16-26)22(25)14-18/h6-9,14-15,19,27H,2-5,10-13H2,1H3. The highest BCUT2D eigenvalue weighted by molar-refractivity contribution is 7.89. The third-order valence-corrected chi connectivity index (χ3v) is 7.77. The first-order chi connectivity index (χ1) is 16.3. The first-order valence-electron chi connectivity index (χ1n) is 11.3. The van der Waals surface area contributed by atoms with Crippen molar-refractivity contribution in [1.82, 2.24) is 9.62 Å². The largest absolute Gasteiger partial charge is 0.490 e. The van der Waals surface area contributed by atoms with Crippen LogP contribution in [0.1, 0.15) is 41.6 Å². The van der Waals surface area contributed by atoms with Gasteiger partial charge >= 0.3 is 0 Å². The minimum absolute atomic E-state index is 0.00353. The molecule has 2 aromatic rings. The van der Waals surface area contributed by atoms with E-state index in [4.69, 9.17) is 10.00 Å². The summed E-state index contributed by atoms with van der Waals surface area (Å²) in [5.41, 5.74) is 0.862. The number of carbonyl (C=O) groups is 1. The number of ether oxygens (including phenoxy) is 1. The Morgan fingerprint density at radius 2 is 1.82 bits per heavy atom. The van der Waals surface area contributed by atoms with Gasteiger partial charge in [-0.15, -0.1) is 0 Å². The summed E-state index contributed by atoms with van der Waals surface area (Å²) < 4.78 is 47.1. The summed E-state index contributed by atoms with van der Waals surface area (Å²) in [6.45, 7) is 1.72. The van der Waals surface area contributed by atoms with E-state index >= 15 is 0 Å². The van der Waals surface area contributed by atoms with E-state index in [1.165, 1.54) is 31.3 Å². The second-order valence-corrected chi connectivity index (χ2v) is 10.3. The summed E-state index contributed by atoms with van der Waals surface area (Å²) in [5, 5.41) is 8.92. The van der Waals surface area contributed by atoms with Crippen LogP contribution in [0.5, 0.6) is 5.75 Å². The van der Waals surface area contributed by atoms with Crippen molar-refractivity contribution in [2.24, 2.45) is 0 Å². The second kappa shape index (κ2) is 9.99. The van der Waals surface area contributed by atoms with Crippen LogP contribution >= 0.6 is 0 Å². The number of carbonyl (C=O) groups excluding carboxylic acids is 1. The SMILES string of the molecule is CNS(=O)(=O)c1ccc(OC2CCCC2)c(C(=O)N2CCN(c3ccc(C#N)c(F)c3)CC2)c1. The fourth-order valence-corrected chi connectivity index (χ4v) is 5.14. The van der Waals surface area contributed by atoms with E-state index in [2.05, 4.69) is 4.72 Å². The first kappa shape index (κ1) is 24.0. The minimum atomic E-state index is -3.73. The number of sulfonamides is 1. The summed E-state index contributed by atoms with van der Waals surface area (Å²) in [6.07, 6.45) is 3.96. The van der Waals surface area contributed by atoms with Crippen molar-refractivity contribution in [3.8, 4) is 11.8 Å². The Morgan fingerprint density at radius 3 is 2.44 bits per heavy atom. The average molecular weight is 487 g/mol. The predicted octanol–water partition coefficient (Wildman–Crippen LogP) is 2.89. The van der Waals surface area contributed by atoms with Gasteiger partial charge in [-0.3, -0.25) is 4.79 Å². The molecule has 1 N–H and O–H groups in total. The number of hydrogen-bond acceptors (Lipinski definition) is 6. The highest BCUT2D eigenvalue weighted by Gasteiger charge is 2.28. The van der Waals surface area contributed by atoms with E-state index in [-0.39, 0.29) is 28.0 Å². The number of rotatable bonds is 6. The number of halogens is 1. The Bertz CT molecular complexity index is 1210. The molecule has 1 aliphatic carbocycles. The van der Waals surface area contributed by atoms with E-state index in [9.17, 15) is 17.6 Å². The molecule has 34 heavy (non-hydrogen) atoms. The molecule has 1 saturated carbocycles. The number of piperazine rings is 1. The minimum Gasteiger partial charge on any atom is -0.490 e. The molecule has 1 saturated heterocycles. The zero-order chi connectivity index (χ0) is 24.3. The predicted molar refractivity (Wildman–Crippen MR) is 125 cm³/mol. The highest BCUT2D eigenvalue weighted by atomic mass is 32.2. The van der Waals surface area contributed by atoms with Crippen molar-refractivity contribution in [2.45, 2.75) is 36.7 Å². The van der Waals surface area contributed by atoms with Gasteiger partial charge in [-0.2, -0.15) is 5.26 Å². The van der Waals surface area contributed by atoms with Gasteiger partial charge < -0.3 is 14.5 Å². The van der Waals surface area contributed by atoms with Crippen LogP contribution in [-0.4, -0.2) is 58.6 Å². The lowest BCUT2D eigenvalue weighted by molar-refractivity contribution is 0.0739. The Hall–Kier alpha value is -3.16. The fraction of sp³-hybridized carbons (Fsp3) is 0.417. The molecule has 4 rings (SSSR count). The lowest BCUT2D eigenvalue weighted by Gasteiger charge is -2.36. The molecule has 10 heteroatoms. The van der Waals surface area contributed by atoms with E-state index < -0.39 is 15.8 Å². The van der Waals surface area contributed by atoms with Gasteiger partial charge in [0.1, 0.15) is 17.6 Å². The van der Waals surface area contributed by atoms with Crippen LogP contribution in [0, 0.1) is 17.1 Å². The van der Waals surface area contributed by atoms with Gasteiger partial charge in [0.2, 0.25) is 10.0 Å². The number of anilines is 1. The Morgan fingerprint density at radius 1 is 1.12 bits per heavy atom. The van der Waals surface area contributed by atoms with Gasteiger partial charge in [-0.05, 0) is 69.1 Å². The average Bonchev–Trinajstić information content (AvgIpc) is 3.37. The van der Waals surface area contributed by atoms with Crippen LogP contribution in [0.4, 0.5) is 10.1 Å². The van der Waals surface area contributed by atoms with Crippen LogP contribution in [0.15, 0.2) is 41.3 Å². The summed E-state index contributed by atoms with van der Waals surface area (Å²) >= 11 is 0. The summed E-state index contributed by atoms with van der Waals surface area (Å²) in [6, 6.07) is 10.7. The normalized spacial score (nSPS) is 17.0. The summed E-state index contributed by atoms with van der Waals surface area (Å²) in [7, 11) is -2.40. The lowest BCUT2D eigenvalue weighted by Crippen LogP contribution is -2.49. The molecule has 8 nitrogen and oxygen atoms in total. The molecule has 180 valence electrons.